The summed E-state index contributed by atoms with van der Waals surface area (Å²) in [5.74, 6) is -1.60. The average molecular weight is 290 g/mol. The first-order chi connectivity index (χ1) is 9.32. The van der Waals surface area contributed by atoms with Gasteiger partial charge in [0.25, 0.3) is 0 Å². The zero-order chi connectivity index (χ0) is 14.9. The van der Waals surface area contributed by atoms with Crippen molar-refractivity contribution in [1.82, 2.24) is 0 Å². The molecule has 2 nitrogen and oxygen atoms in total. The van der Waals surface area contributed by atoms with Crippen LogP contribution in [-0.4, -0.2) is 18.9 Å². The van der Waals surface area contributed by atoms with E-state index in [-0.39, 0.29) is 11.7 Å². The van der Waals surface area contributed by atoms with Crippen molar-refractivity contribution in [3.8, 4) is 0 Å². The van der Waals surface area contributed by atoms with Crippen LogP contribution in [0.4, 0.5) is 4.39 Å². The third-order valence-electron chi connectivity index (χ3n) is 3.50. The molecule has 0 saturated carbocycles. The minimum atomic E-state index is -1.01. The van der Waals surface area contributed by atoms with Gasteiger partial charge in [0.15, 0.2) is 7.85 Å². The second-order valence-corrected chi connectivity index (χ2v) is 6.78. The minimum Gasteiger partial charge on any atom is -0.481 e. The number of carbonyl (C=O) groups is 1. The highest BCUT2D eigenvalue weighted by atomic mass is 32.1. The van der Waals surface area contributed by atoms with Crippen molar-refractivity contribution >= 4 is 29.9 Å². The highest BCUT2D eigenvalue weighted by Gasteiger charge is 2.39. The van der Waals surface area contributed by atoms with Crippen LogP contribution in [0, 0.1) is 11.2 Å². The fraction of sp³-hybridized carbons (Fsp3) is 0.267. The normalized spacial score (nSPS) is 13.2. The Morgan fingerprint density at radius 1 is 1.35 bits per heavy atom. The summed E-state index contributed by atoms with van der Waals surface area (Å²) in [7, 11) is 1.98. The molecule has 1 aromatic carbocycles. The Morgan fingerprint density at radius 3 is 2.55 bits per heavy atom. The Bertz CT molecular complexity index is 636. The summed E-state index contributed by atoms with van der Waals surface area (Å²) in [6, 6.07) is 10.1. The van der Waals surface area contributed by atoms with Gasteiger partial charge in [0.1, 0.15) is 5.82 Å². The van der Waals surface area contributed by atoms with Crippen molar-refractivity contribution < 1.29 is 14.3 Å². The third-order valence-corrected chi connectivity index (χ3v) is 4.57. The summed E-state index contributed by atoms with van der Waals surface area (Å²) in [5.41, 5.74) is -0.315. The van der Waals surface area contributed by atoms with E-state index in [1.54, 1.807) is 37.3 Å². The van der Waals surface area contributed by atoms with Crippen LogP contribution in [0.5, 0.6) is 0 Å². The van der Waals surface area contributed by atoms with E-state index < -0.39 is 11.4 Å². The zero-order valence-electron chi connectivity index (χ0n) is 11.7. The van der Waals surface area contributed by atoms with Gasteiger partial charge in [0.2, 0.25) is 0 Å². The topological polar surface area (TPSA) is 37.3 Å². The van der Waals surface area contributed by atoms with Crippen molar-refractivity contribution in [2.24, 2.45) is 5.41 Å². The Kier molecular flexibility index (Phi) is 4.00. The van der Waals surface area contributed by atoms with Gasteiger partial charge < -0.3 is 5.11 Å². The standard InChI is InChI=1S/C15H16BFO2S/c1-15(2,14(18)19)13(11-6-7-12(16)20-11)9-4-3-5-10(17)8-9/h3-8,13H,16H2,1-2H3,(H,18,19). The van der Waals surface area contributed by atoms with E-state index in [4.69, 9.17) is 0 Å². The Morgan fingerprint density at radius 2 is 2.05 bits per heavy atom. The molecule has 5 heteroatoms. The van der Waals surface area contributed by atoms with Gasteiger partial charge >= 0.3 is 5.97 Å². The van der Waals surface area contributed by atoms with Crippen molar-refractivity contribution in [1.29, 1.82) is 0 Å². The van der Waals surface area contributed by atoms with Gasteiger partial charge in [-0.1, -0.05) is 18.2 Å². The second kappa shape index (κ2) is 5.41. The van der Waals surface area contributed by atoms with Gasteiger partial charge in [-0.2, -0.15) is 11.3 Å². The quantitative estimate of drug-likeness (QED) is 0.878. The summed E-state index contributed by atoms with van der Waals surface area (Å²) >= 11 is 1.56. The van der Waals surface area contributed by atoms with Crippen LogP contribution in [0.25, 0.3) is 0 Å². The van der Waals surface area contributed by atoms with Gasteiger partial charge in [-0.25, -0.2) is 4.39 Å². The fourth-order valence-corrected chi connectivity index (χ4v) is 3.55. The molecule has 1 N–H and O–H groups in total. The van der Waals surface area contributed by atoms with E-state index in [1.165, 1.54) is 12.1 Å². The summed E-state index contributed by atoms with van der Waals surface area (Å²) in [4.78, 5) is 12.6. The lowest BCUT2D eigenvalue weighted by molar-refractivity contribution is -0.147. The number of benzene rings is 1. The maximum absolute atomic E-state index is 13.5. The molecule has 20 heavy (non-hydrogen) atoms. The Hall–Kier alpha value is -1.62. The van der Waals surface area contributed by atoms with E-state index in [0.29, 0.717) is 5.56 Å². The lowest BCUT2D eigenvalue weighted by Crippen LogP contribution is -2.31. The molecule has 0 bridgehead atoms. The van der Waals surface area contributed by atoms with Gasteiger partial charge in [0, 0.05) is 10.8 Å². The first-order valence-electron chi connectivity index (χ1n) is 6.37. The molecule has 1 atom stereocenters. The number of carboxylic acid groups (broad SMARTS) is 1. The molecule has 0 radical (unpaired) electrons. The van der Waals surface area contributed by atoms with E-state index in [9.17, 15) is 14.3 Å². The smallest absolute Gasteiger partial charge is 0.310 e. The molecule has 1 heterocycles. The molecule has 1 aromatic heterocycles. The number of hydrogen-bond acceptors (Lipinski definition) is 2. The number of hydrogen-bond donors (Lipinski definition) is 1. The molecule has 0 fully saturated rings. The predicted molar refractivity (Wildman–Crippen MR) is 82.2 cm³/mol. The Balaban J connectivity index is 2.58. The molecule has 1 unspecified atom stereocenters. The van der Waals surface area contributed by atoms with Gasteiger partial charge in [-0.3, -0.25) is 4.79 Å². The van der Waals surface area contributed by atoms with Gasteiger partial charge in [0.05, 0.1) is 5.41 Å². The third kappa shape index (κ3) is 2.77. The molecule has 104 valence electrons. The van der Waals surface area contributed by atoms with Gasteiger partial charge in [-0.05, 0) is 42.4 Å². The molecule has 0 saturated heterocycles. The number of carboxylic acids is 1. The molecule has 0 aliphatic carbocycles. The lowest BCUT2D eigenvalue weighted by atomic mass is 9.74. The van der Waals surface area contributed by atoms with E-state index >= 15 is 0 Å². The summed E-state index contributed by atoms with van der Waals surface area (Å²) in [6.45, 7) is 3.36. The zero-order valence-corrected chi connectivity index (χ0v) is 12.5. The Labute approximate surface area is 122 Å². The van der Waals surface area contributed by atoms with Crippen LogP contribution in [0.1, 0.15) is 30.2 Å². The lowest BCUT2D eigenvalue weighted by Gasteiger charge is -2.30. The van der Waals surface area contributed by atoms with E-state index in [0.717, 1.165) is 9.65 Å². The van der Waals surface area contributed by atoms with Crippen molar-refractivity contribution in [2.75, 3.05) is 0 Å². The number of aliphatic carboxylic acids is 1. The van der Waals surface area contributed by atoms with Crippen molar-refractivity contribution in [3.05, 3.63) is 52.7 Å². The maximum Gasteiger partial charge on any atom is 0.310 e. The molecular weight excluding hydrogens is 274 g/mol. The monoisotopic (exact) mass is 290 g/mol. The van der Waals surface area contributed by atoms with Crippen LogP contribution in [0.3, 0.4) is 0 Å². The first-order valence-corrected chi connectivity index (χ1v) is 7.19. The van der Waals surface area contributed by atoms with E-state index in [2.05, 4.69) is 0 Å². The molecule has 0 amide bonds. The van der Waals surface area contributed by atoms with Crippen molar-refractivity contribution in [2.45, 2.75) is 19.8 Å². The summed E-state index contributed by atoms with van der Waals surface area (Å²) in [6.07, 6.45) is 0. The molecule has 0 aliphatic heterocycles. The molecule has 2 aromatic rings. The summed E-state index contributed by atoms with van der Waals surface area (Å²) in [5, 5.41) is 9.52. The molecular formula is C15H16BFO2S. The minimum absolute atomic E-state index is 0.345. The van der Waals surface area contributed by atoms with Crippen LogP contribution >= 0.6 is 11.3 Å². The van der Waals surface area contributed by atoms with Crippen LogP contribution in [-0.2, 0) is 4.79 Å². The van der Waals surface area contributed by atoms with Crippen LogP contribution in [0.2, 0.25) is 0 Å². The van der Waals surface area contributed by atoms with Crippen molar-refractivity contribution in [3.63, 3.8) is 0 Å². The first kappa shape index (κ1) is 14.8. The molecule has 0 spiro atoms. The SMILES string of the molecule is Bc1ccc(C(c2cccc(F)c2)C(C)(C)C(=O)O)s1. The van der Waals surface area contributed by atoms with E-state index in [1.807, 2.05) is 20.0 Å². The highest BCUT2D eigenvalue weighted by Crippen LogP contribution is 2.42. The maximum atomic E-state index is 13.5. The van der Waals surface area contributed by atoms with Crippen LogP contribution in [0.15, 0.2) is 36.4 Å². The molecule has 0 aliphatic rings. The number of rotatable bonds is 4. The molecule has 2 rings (SSSR count). The number of thiophene rings is 1. The summed E-state index contributed by atoms with van der Waals surface area (Å²) < 4.78 is 14.6. The predicted octanol–water partition coefficient (Wildman–Crippen LogP) is 2.39. The largest absolute Gasteiger partial charge is 0.481 e. The van der Waals surface area contributed by atoms with Crippen LogP contribution < -0.4 is 4.78 Å². The van der Waals surface area contributed by atoms with Gasteiger partial charge in [-0.15, -0.1) is 0 Å². The fourth-order valence-electron chi connectivity index (χ4n) is 2.35. The average Bonchev–Trinajstić information content (AvgIpc) is 2.75. The number of halogens is 1. The second-order valence-electron chi connectivity index (χ2n) is 5.46. The highest BCUT2D eigenvalue weighted by molar-refractivity contribution is 7.20.